The van der Waals surface area contributed by atoms with E-state index in [1.165, 1.54) is 16.7 Å². The molecule has 7 nitrogen and oxygen atoms in total. The topological polar surface area (TPSA) is 78.7 Å². The summed E-state index contributed by atoms with van der Waals surface area (Å²) in [6.45, 7) is 4.29. The van der Waals surface area contributed by atoms with E-state index in [1.54, 1.807) is 0 Å². The number of hydrogen-bond donors (Lipinski definition) is 1. The van der Waals surface area contributed by atoms with E-state index in [9.17, 15) is 9.59 Å². The maximum absolute atomic E-state index is 13.4. The Hall–Kier alpha value is -3.45. The number of likely N-dealkylation sites (tertiary alicyclic amines) is 1. The van der Waals surface area contributed by atoms with Crippen LogP contribution in [-0.4, -0.2) is 45.4 Å². The molecule has 2 saturated heterocycles. The SMILES string of the molecule is Cc1ccc(-c2nc(CN3C(=O)NC4(CCCN(Cc5ccccc5)C4)C3=O)co2)cc1. The third-order valence-corrected chi connectivity index (χ3v) is 6.24. The average molecular weight is 431 g/mol. The van der Waals surface area contributed by atoms with Crippen LogP contribution >= 0.6 is 0 Å². The second kappa shape index (κ2) is 8.24. The van der Waals surface area contributed by atoms with Gasteiger partial charge in [-0.25, -0.2) is 9.78 Å². The van der Waals surface area contributed by atoms with E-state index in [1.807, 2.05) is 49.4 Å². The van der Waals surface area contributed by atoms with Crippen molar-refractivity contribution in [3.8, 4) is 11.5 Å². The van der Waals surface area contributed by atoms with Crippen LogP contribution in [0.5, 0.6) is 0 Å². The van der Waals surface area contributed by atoms with Crippen LogP contribution in [0.2, 0.25) is 0 Å². The number of benzene rings is 2. The van der Waals surface area contributed by atoms with Crippen LogP contribution in [0.4, 0.5) is 4.79 Å². The Kier molecular flexibility index (Phi) is 5.27. The van der Waals surface area contributed by atoms with Crippen LogP contribution < -0.4 is 5.32 Å². The number of imide groups is 1. The standard InChI is InChI=1S/C25H26N4O3/c1-18-8-10-20(11-9-18)22-26-21(16-32-22)15-29-23(30)25(27-24(29)31)12-5-13-28(17-25)14-19-6-3-2-4-7-19/h2-4,6-11,16H,5,12-15,17H2,1H3,(H,27,31). The number of hydrogen-bond acceptors (Lipinski definition) is 5. The molecule has 5 rings (SSSR count). The predicted molar refractivity (Wildman–Crippen MR) is 119 cm³/mol. The first-order valence-corrected chi connectivity index (χ1v) is 10.9. The Balaban J connectivity index is 1.29. The summed E-state index contributed by atoms with van der Waals surface area (Å²) in [5, 5.41) is 2.99. The van der Waals surface area contributed by atoms with Gasteiger partial charge < -0.3 is 9.73 Å². The molecule has 2 fully saturated rings. The molecule has 1 N–H and O–H groups in total. The van der Waals surface area contributed by atoms with Gasteiger partial charge in [0.1, 0.15) is 11.8 Å². The highest BCUT2D eigenvalue weighted by atomic mass is 16.3. The highest BCUT2D eigenvalue weighted by Crippen LogP contribution is 2.30. The first kappa shape index (κ1) is 20.5. The largest absolute Gasteiger partial charge is 0.444 e. The molecule has 0 radical (unpaired) electrons. The first-order valence-electron chi connectivity index (χ1n) is 10.9. The molecule has 32 heavy (non-hydrogen) atoms. The molecule has 2 aromatic carbocycles. The number of aromatic nitrogens is 1. The quantitative estimate of drug-likeness (QED) is 0.624. The fourth-order valence-electron chi connectivity index (χ4n) is 4.59. The molecule has 2 aliphatic rings. The van der Waals surface area contributed by atoms with E-state index in [4.69, 9.17) is 4.42 Å². The van der Waals surface area contributed by atoms with Gasteiger partial charge in [-0.3, -0.25) is 14.6 Å². The fraction of sp³-hybridized carbons (Fsp3) is 0.320. The summed E-state index contributed by atoms with van der Waals surface area (Å²) in [5.74, 6) is 0.300. The van der Waals surface area contributed by atoms with Gasteiger partial charge in [0, 0.05) is 18.7 Å². The summed E-state index contributed by atoms with van der Waals surface area (Å²) in [4.78, 5) is 34.1. The van der Waals surface area contributed by atoms with Crippen LogP contribution in [0.15, 0.2) is 65.3 Å². The van der Waals surface area contributed by atoms with Crippen molar-refractivity contribution in [2.75, 3.05) is 13.1 Å². The van der Waals surface area contributed by atoms with Crippen LogP contribution in [0.3, 0.4) is 0 Å². The molecule has 3 aromatic rings. The molecular weight excluding hydrogens is 404 g/mol. The number of aryl methyl sites for hydroxylation is 1. The number of rotatable bonds is 5. The Bertz CT molecular complexity index is 1130. The molecule has 7 heteroatoms. The molecule has 0 saturated carbocycles. The highest BCUT2D eigenvalue weighted by Gasteiger charge is 2.53. The monoisotopic (exact) mass is 430 g/mol. The third-order valence-electron chi connectivity index (χ3n) is 6.24. The first-order chi connectivity index (χ1) is 15.5. The minimum Gasteiger partial charge on any atom is -0.444 e. The Morgan fingerprint density at radius 2 is 1.84 bits per heavy atom. The molecule has 3 heterocycles. The number of piperidine rings is 1. The van der Waals surface area contributed by atoms with Gasteiger partial charge in [0.2, 0.25) is 5.89 Å². The van der Waals surface area contributed by atoms with E-state index >= 15 is 0 Å². The summed E-state index contributed by atoms with van der Waals surface area (Å²) in [5.41, 5.74) is 2.90. The van der Waals surface area contributed by atoms with Crippen molar-refractivity contribution in [2.24, 2.45) is 0 Å². The predicted octanol–water partition coefficient (Wildman–Crippen LogP) is 3.74. The van der Waals surface area contributed by atoms with Crippen LogP contribution in [-0.2, 0) is 17.9 Å². The van der Waals surface area contributed by atoms with Gasteiger partial charge >= 0.3 is 6.03 Å². The molecular formula is C25H26N4O3. The maximum Gasteiger partial charge on any atom is 0.325 e. The van der Waals surface area contributed by atoms with E-state index in [0.717, 1.165) is 30.6 Å². The molecule has 1 unspecified atom stereocenters. The second-order valence-corrected chi connectivity index (χ2v) is 8.71. The summed E-state index contributed by atoms with van der Waals surface area (Å²) in [6.07, 6.45) is 3.02. The van der Waals surface area contributed by atoms with Gasteiger partial charge in [0.25, 0.3) is 5.91 Å². The molecule has 1 aromatic heterocycles. The van der Waals surface area contributed by atoms with Crippen molar-refractivity contribution in [3.05, 3.63) is 77.7 Å². The van der Waals surface area contributed by atoms with Gasteiger partial charge in [-0.05, 0) is 44.0 Å². The van der Waals surface area contributed by atoms with Crippen LogP contribution in [0, 0.1) is 6.92 Å². The smallest absolute Gasteiger partial charge is 0.325 e. The number of amides is 3. The minimum absolute atomic E-state index is 0.0977. The van der Waals surface area contributed by atoms with Crippen LogP contribution in [0.25, 0.3) is 11.5 Å². The number of carbonyl (C=O) groups is 2. The van der Waals surface area contributed by atoms with Crippen molar-refractivity contribution in [1.82, 2.24) is 20.1 Å². The Morgan fingerprint density at radius 1 is 1.06 bits per heavy atom. The van der Waals surface area contributed by atoms with Gasteiger partial charge in [-0.1, -0.05) is 48.0 Å². The summed E-state index contributed by atoms with van der Waals surface area (Å²) < 4.78 is 5.60. The lowest BCUT2D eigenvalue weighted by molar-refractivity contribution is -0.133. The lowest BCUT2D eigenvalue weighted by Gasteiger charge is -2.38. The average Bonchev–Trinajstić information content (AvgIpc) is 3.34. The lowest BCUT2D eigenvalue weighted by atomic mass is 9.88. The van der Waals surface area contributed by atoms with Crippen LogP contribution in [0.1, 0.15) is 29.7 Å². The van der Waals surface area contributed by atoms with Gasteiger partial charge in [-0.2, -0.15) is 0 Å². The maximum atomic E-state index is 13.4. The second-order valence-electron chi connectivity index (χ2n) is 8.71. The third kappa shape index (κ3) is 3.91. The van der Waals surface area contributed by atoms with Gasteiger partial charge in [0.05, 0.1) is 12.2 Å². The van der Waals surface area contributed by atoms with E-state index < -0.39 is 5.54 Å². The van der Waals surface area contributed by atoms with E-state index in [0.29, 0.717) is 24.6 Å². The Labute approximate surface area is 187 Å². The molecule has 1 spiro atoms. The zero-order valence-corrected chi connectivity index (χ0v) is 18.1. The zero-order valence-electron chi connectivity index (χ0n) is 18.1. The number of urea groups is 1. The lowest BCUT2D eigenvalue weighted by Crippen LogP contribution is -2.58. The molecule has 0 bridgehead atoms. The number of nitrogens with one attached hydrogen (secondary N) is 1. The highest BCUT2D eigenvalue weighted by molar-refractivity contribution is 6.07. The van der Waals surface area contributed by atoms with Crippen molar-refractivity contribution in [1.29, 1.82) is 0 Å². The zero-order chi connectivity index (χ0) is 22.1. The van der Waals surface area contributed by atoms with Crippen molar-refractivity contribution in [2.45, 2.75) is 38.4 Å². The molecule has 1 atom stereocenters. The fourth-order valence-corrected chi connectivity index (χ4v) is 4.59. The summed E-state index contributed by atoms with van der Waals surface area (Å²) in [7, 11) is 0. The molecule has 0 aliphatic carbocycles. The van der Waals surface area contributed by atoms with E-state index in [2.05, 4.69) is 27.3 Å². The number of carbonyl (C=O) groups excluding carboxylic acids is 2. The molecule has 2 aliphatic heterocycles. The minimum atomic E-state index is -0.867. The van der Waals surface area contributed by atoms with Gasteiger partial charge in [0.15, 0.2) is 0 Å². The van der Waals surface area contributed by atoms with E-state index in [-0.39, 0.29) is 18.5 Å². The van der Waals surface area contributed by atoms with Crippen molar-refractivity contribution < 1.29 is 14.0 Å². The number of nitrogens with zero attached hydrogens (tertiary/aromatic N) is 3. The normalized spacial score (nSPS) is 21.3. The Morgan fingerprint density at radius 3 is 2.62 bits per heavy atom. The summed E-state index contributed by atoms with van der Waals surface area (Å²) in [6, 6.07) is 17.7. The van der Waals surface area contributed by atoms with Gasteiger partial charge in [-0.15, -0.1) is 0 Å². The summed E-state index contributed by atoms with van der Waals surface area (Å²) >= 11 is 0. The van der Waals surface area contributed by atoms with Crippen molar-refractivity contribution in [3.63, 3.8) is 0 Å². The number of oxazole rings is 1. The molecule has 164 valence electrons. The van der Waals surface area contributed by atoms with Crippen molar-refractivity contribution >= 4 is 11.9 Å². The molecule has 3 amide bonds.